The van der Waals surface area contributed by atoms with Crippen molar-refractivity contribution in [2.75, 3.05) is 0 Å². The molecular weight excluding hydrogens is 206 g/mol. The number of carboxylic acids is 2. The molecule has 2 unspecified atom stereocenters. The van der Waals surface area contributed by atoms with Gasteiger partial charge in [-0.1, -0.05) is 0 Å². The second-order valence-corrected chi connectivity index (χ2v) is 1.57. The van der Waals surface area contributed by atoms with Gasteiger partial charge in [0.05, 0.1) is 0 Å². The molecule has 0 aromatic carbocycles. The van der Waals surface area contributed by atoms with Gasteiger partial charge < -0.3 is 23.3 Å². The quantitative estimate of drug-likeness (QED) is 0.347. The van der Waals surface area contributed by atoms with Crippen molar-refractivity contribution >= 4 is 11.9 Å². The maximum absolute atomic E-state index is 9.77. The smallest absolute Gasteiger partial charge is 1.00 e. The average Bonchev–Trinajstić information content (AvgIpc) is 1.84. The van der Waals surface area contributed by atoms with Crippen LogP contribution in [0.1, 0.15) is 2.85 Å². The molecule has 12 heavy (non-hydrogen) atoms. The molecule has 0 spiro atoms. The number of aliphatic hydroxyl groups is 2. The summed E-state index contributed by atoms with van der Waals surface area (Å²) in [5.74, 6) is -3.54. The van der Waals surface area contributed by atoms with E-state index in [9.17, 15) is 9.59 Å². The predicted octanol–water partition coefficient (Wildman–Crippen LogP) is -7.89. The first kappa shape index (κ1) is 19.1. The molecule has 62 valence electrons. The number of aliphatic carboxylic acids is 2. The summed E-state index contributed by atoms with van der Waals surface area (Å²) in [5.41, 5.74) is 0. The van der Waals surface area contributed by atoms with Crippen molar-refractivity contribution in [1.82, 2.24) is 0 Å². The third kappa shape index (κ3) is 6.95. The first-order valence-electron chi connectivity index (χ1n) is 2.28. The van der Waals surface area contributed by atoms with Crippen LogP contribution in [-0.2, 0) is 9.59 Å². The monoisotopic (exact) mass is 214 g/mol. The van der Waals surface area contributed by atoms with Crippen LogP contribution in [0.15, 0.2) is 0 Å². The molecule has 2 atom stereocenters. The van der Waals surface area contributed by atoms with Crippen molar-refractivity contribution in [3.05, 3.63) is 0 Å². The zero-order valence-electron chi connectivity index (χ0n) is 8.76. The standard InChI is InChI=1S/C4H6O6.K.Na.2H/c5-1(3(7)8)2(6)4(9)10;;;;/h1-2,5-6H,(H,7,8)(H,9,10);;;;/q;2*+1;2*-1. The van der Waals surface area contributed by atoms with Crippen molar-refractivity contribution in [3.63, 3.8) is 0 Å². The Morgan fingerprint density at radius 2 is 1.17 bits per heavy atom. The van der Waals surface area contributed by atoms with Crippen molar-refractivity contribution in [2.24, 2.45) is 0 Å². The van der Waals surface area contributed by atoms with Crippen LogP contribution in [0.3, 0.4) is 0 Å². The van der Waals surface area contributed by atoms with E-state index in [0.717, 1.165) is 0 Å². The molecule has 8 heteroatoms. The maximum atomic E-state index is 9.77. The van der Waals surface area contributed by atoms with Crippen LogP contribution in [0, 0.1) is 0 Å². The van der Waals surface area contributed by atoms with E-state index >= 15 is 0 Å². The van der Waals surface area contributed by atoms with E-state index in [4.69, 9.17) is 20.4 Å². The minimum atomic E-state index is -2.27. The van der Waals surface area contributed by atoms with E-state index < -0.39 is 24.1 Å². The third-order valence-corrected chi connectivity index (χ3v) is 0.805. The van der Waals surface area contributed by atoms with Crippen LogP contribution in [-0.4, -0.2) is 44.6 Å². The molecule has 0 saturated carbocycles. The Balaban J connectivity index is -0.0000000675. The third-order valence-electron chi connectivity index (χ3n) is 0.805. The van der Waals surface area contributed by atoms with Crippen LogP contribution in [0.5, 0.6) is 0 Å². The summed E-state index contributed by atoms with van der Waals surface area (Å²) in [6.45, 7) is 0. The van der Waals surface area contributed by atoms with Crippen molar-refractivity contribution < 1.29 is 114 Å². The van der Waals surface area contributed by atoms with Gasteiger partial charge in [-0.15, -0.1) is 0 Å². The fourth-order valence-electron chi connectivity index (χ4n) is 0.270. The molecule has 0 radical (unpaired) electrons. The second-order valence-electron chi connectivity index (χ2n) is 1.57. The van der Waals surface area contributed by atoms with Gasteiger partial charge in [-0.3, -0.25) is 0 Å². The van der Waals surface area contributed by atoms with Crippen molar-refractivity contribution in [1.29, 1.82) is 0 Å². The molecule has 0 saturated heterocycles. The minimum Gasteiger partial charge on any atom is -1.00 e. The summed E-state index contributed by atoms with van der Waals surface area (Å²) in [5, 5.41) is 32.5. The SMILES string of the molecule is O=C(O)C(O)C(O)C(=O)O.[H-].[H-].[K+].[Na+]. The number of rotatable bonds is 3. The molecule has 0 heterocycles. The van der Waals surface area contributed by atoms with E-state index in [0.29, 0.717) is 0 Å². The molecular formula is C4H8KNaO6. The van der Waals surface area contributed by atoms with Crippen molar-refractivity contribution in [3.8, 4) is 0 Å². The Morgan fingerprint density at radius 3 is 1.25 bits per heavy atom. The molecule has 6 nitrogen and oxygen atoms in total. The van der Waals surface area contributed by atoms with E-state index in [1.807, 2.05) is 0 Å². The molecule has 0 aliphatic heterocycles. The molecule has 0 aromatic heterocycles. The van der Waals surface area contributed by atoms with Crippen LogP contribution in [0.4, 0.5) is 0 Å². The number of carbonyl (C=O) groups is 2. The first-order valence-corrected chi connectivity index (χ1v) is 2.28. The van der Waals surface area contributed by atoms with Gasteiger partial charge in [0.2, 0.25) is 0 Å². The summed E-state index contributed by atoms with van der Waals surface area (Å²) in [6, 6.07) is 0. The van der Waals surface area contributed by atoms with Gasteiger partial charge in [0.1, 0.15) is 0 Å². The van der Waals surface area contributed by atoms with Crippen LogP contribution >= 0.6 is 0 Å². The van der Waals surface area contributed by atoms with E-state index in [-0.39, 0.29) is 83.8 Å². The van der Waals surface area contributed by atoms with Gasteiger partial charge >= 0.3 is 92.9 Å². The summed E-state index contributed by atoms with van der Waals surface area (Å²) >= 11 is 0. The van der Waals surface area contributed by atoms with Gasteiger partial charge in [-0.2, -0.15) is 0 Å². The first-order chi connectivity index (χ1) is 4.46. The molecule has 0 aliphatic rings. The zero-order valence-corrected chi connectivity index (χ0v) is 11.9. The average molecular weight is 214 g/mol. The molecule has 0 rings (SSSR count). The fraction of sp³-hybridized carbons (Fsp3) is 0.500. The Hall–Kier alpha value is 1.50. The molecule has 0 aliphatic carbocycles. The van der Waals surface area contributed by atoms with Crippen LogP contribution < -0.4 is 80.9 Å². The van der Waals surface area contributed by atoms with Crippen LogP contribution in [0.25, 0.3) is 0 Å². The van der Waals surface area contributed by atoms with Crippen molar-refractivity contribution in [2.45, 2.75) is 12.2 Å². The number of hydrogen-bond acceptors (Lipinski definition) is 4. The maximum Gasteiger partial charge on any atom is 1.00 e. The largest absolute Gasteiger partial charge is 1.00 e. The number of hydrogen-bond donors (Lipinski definition) is 4. The van der Waals surface area contributed by atoms with E-state index in [2.05, 4.69) is 0 Å². The Labute approximate surface area is 136 Å². The minimum absolute atomic E-state index is 0. The Kier molecular flexibility index (Phi) is 14.5. The Morgan fingerprint density at radius 1 is 1.00 bits per heavy atom. The zero-order chi connectivity index (χ0) is 8.31. The molecule has 0 bridgehead atoms. The molecule has 4 N–H and O–H groups in total. The van der Waals surface area contributed by atoms with Gasteiger partial charge in [-0.25, -0.2) is 9.59 Å². The summed E-state index contributed by atoms with van der Waals surface area (Å²) < 4.78 is 0. The van der Waals surface area contributed by atoms with Gasteiger partial charge in [0.25, 0.3) is 0 Å². The molecule has 0 amide bonds. The fourth-order valence-corrected chi connectivity index (χ4v) is 0.270. The Bertz CT molecular complexity index is 152. The van der Waals surface area contributed by atoms with E-state index in [1.165, 1.54) is 0 Å². The second kappa shape index (κ2) is 9.07. The molecule has 0 fully saturated rings. The number of aliphatic hydroxyl groups excluding tert-OH is 2. The summed E-state index contributed by atoms with van der Waals surface area (Å²) in [6.07, 6.45) is -4.53. The topological polar surface area (TPSA) is 115 Å². The normalized spacial score (nSPS) is 13.2. The van der Waals surface area contributed by atoms with Crippen LogP contribution in [0.2, 0.25) is 0 Å². The van der Waals surface area contributed by atoms with Gasteiger partial charge in [0.15, 0.2) is 12.2 Å². The predicted molar refractivity (Wildman–Crippen MR) is 29.5 cm³/mol. The number of carboxylic acid groups (broad SMARTS) is 2. The van der Waals surface area contributed by atoms with Gasteiger partial charge in [0, 0.05) is 0 Å². The van der Waals surface area contributed by atoms with E-state index in [1.54, 1.807) is 0 Å². The van der Waals surface area contributed by atoms with Gasteiger partial charge in [-0.05, 0) is 0 Å². The summed E-state index contributed by atoms with van der Waals surface area (Å²) in [7, 11) is 0. The summed E-state index contributed by atoms with van der Waals surface area (Å²) in [4.78, 5) is 19.5. The molecule has 0 aromatic rings.